The number of nitriles is 1. The molecule has 0 amide bonds. The van der Waals surface area contributed by atoms with Gasteiger partial charge in [-0.25, -0.2) is 4.79 Å². The first-order valence-electron chi connectivity index (χ1n) is 4.32. The van der Waals surface area contributed by atoms with E-state index >= 15 is 0 Å². The van der Waals surface area contributed by atoms with Crippen LogP contribution in [0.5, 0.6) is 0 Å². The summed E-state index contributed by atoms with van der Waals surface area (Å²) in [5.41, 5.74) is 1.07. The number of benzene rings is 1. The number of carbonyl (C=O) groups is 2. The van der Waals surface area contributed by atoms with Gasteiger partial charge in [0.2, 0.25) is 0 Å². The zero-order valence-electron chi connectivity index (χ0n) is 8.19. The van der Waals surface area contributed by atoms with Crippen LogP contribution in [-0.4, -0.2) is 11.9 Å². The monoisotopic (exact) mass is 203 g/mol. The number of nitrogens with zero attached hydrogens (tertiary/aromatic N) is 1. The van der Waals surface area contributed by atoms with E-state index in [2.05, 4.69) is 4.74 Å². The number of aryl methyl sites for hydroxylation is 1. The molecular weight excluding hydrogens is 194 g/mol. The number of ether oxygens (including phenoxy) is 1. The number of esters is 2. The summed E-state index contributed by atoms with van der Waals surface area (Å²) < 4.78 is 4.46. The summed E-state index contributed by atoms with van der Waals surface area (Å²) in [4.78, 5) is 22.3. The van der Waals surface area contributed by atoms with Crippen LogP contribution < -0.4 is 0 Å². The largest absolute Gasteiger partial charge is 0.389 e. The van der Waals surface area contributed by atoms with Gasteiger partial charge in [0.05, 0.1) is 11.6 Å². The van der Waals surface area contributed by atoms with Crippen molar-refractivity contribution in [3.05, 3.63) is 35.4 Å². The summed E-state index contributed by atoms with van der Waals surface area (Å²) in [7, 11) is 0. The van der Waals surface area contributed by atoms with Crippen LogP contribution in [0.4, 0.5) is 0 Å². The van der Waals surface area contributed by atoms with E-state index in [1.807, 2.05) is 0 Å². The minimum Gasteiger partial charge on any atom is -0.389 e. The molecule has 0 aromatic heterocycles. The summed E-state index contributed by atoms with van der Waals surface area (Å²) in [5, 5.41) is 8.21. The molecular formula is C11H9NO3. The second-order valence-electron chi connectivity index (χ2n) is 2.91. The first-order valence-corrected chi connectivity index (χ1v) is 4.32. The van der Waals surface area contributed by atoms with Gasteiger partial charge in [0.15, 0.2) is 0 Å². The first kappa shape index (κ1) is 10.9. The molecule has 0 radical (unpaired) electrons. The van der Waals surface area contributed by atoms with E-state index in [4.69, 9.17) is 5.26 Å². The van der Waals surface area contributed by atoms with Gasteiger partial charge >= 0.3 is 11.9 Å². The Morgan fingerprint density at radius 2 is 2.07 bits per heavy atom. The minimum absolute atomic E-state index is 0.337. The van der Waals surface area contributed by atoms with Gasteiger partial charge in [0.25, 0.3) is 0 Å². The third-order valence-corrected chi connectivity index (χ3v) is 1.79. The van der Waals surface area contributed by atoms with Crippen molar-refractivity contribution in [2.45, 2.75) is 13.3 Å². The van der Waals surface area contributed by atoms with Crippen molar-refractivity contribution in [1.82, 2.24) is 0 Å². The van der Waals surface area contributed by atoms with Gasteiger partial charge in [-0.3, -0.25) is 4.79 Å². The molecule has 0 heterocycles. The Balaban J connectivity index is 2.75. The van der Waals surface area contributed by atoms with Crippen molar-refractivity contribution in [3.63, 3.8) is 0 Å². The van der Waals surface area contributed by atoms with Gasteiger partial charge in [0.1, 0.15) is 6.42 Å². The molecule has 4 heteroatoms. The fourth-order valence-electron chi connectivity index (χ4n) is 1.06. The van der Waals surface area contributed by atoms with Crippen molar-refractivity contribution < 1.29 is 14.3 Å². The molecule has 0 N–H and O–H groups in total. The SMILES string of the molecule is Cc1ccccc1C(=O)OC(=O)CC#N. The average molecular weight is 203 g/mol. The molecule has 0 unspecified atom stereocenters. The highest BCUT2D eigenvalue weighted by atomic mass is 16.6. The maximum absolute atomic E-state index is 11.4. The minimum atomic E-state index is -0.828. The van der Waals surface area contributed by atoms with Gasteiger partial charge in [-0.15, -0.1) is 0 Å². The molecule has 0 fully saturated rings. The van der Waals surface area contributed by atoms with E-state index in [9.17, 15) is 9.59 Å². The van der Waals surface area contributed by atoms with Crippen LogP contribution in [0.15, 0.2) is 24.3 Å². The zero-order chi connectivity index (χ0) is 11.3. The highest BCUT2D eigenvalue weighted by molar-refractivity contribution is 5.98. The molecule has 1 aromatic carbocycles. The average Bonchev–Trinajstić information content (AvgIpc) is 2.18. The molecule has 0 aliphatic rings. The van der Waals surface area contributed by atoms with Crippen LogP contribution in [0.2, 0.25) is 0 Å². The second kappa shape index (κ2) is 4.91. The lowest BCUT2D eigenvalue weighted by Crippen LogP contribution is -2.12. The molecule has 0 saturated carbocycles. The molecule has 0 aliphatic heterocycles. The highest BCUT2D eigenvalue weighted by Gasteiger charge is 2.13. The maximum atomic E-state index is 11.4. The van der Waals surface area contributed by atoms with E-state index < -0.39 is 18.4 Å². The Morgan fingerprint density at radius 1 is 1.40 bits per heavy atom. The summed E-state index contributed by atoms with van der Waals surface area (Å²) >= 11 is 0. The van der Waals surface area contributed by atoms with Gasteiger partial charge in [-0.2, -0.15) is 5.26 Å². The molecule has 1 rings (SSSR count). The van der Waals surface area contributed by atoms with Crippen molar-refractivity contribution >= 4 is 11.9 Å². The predicted octanol–water partition coefficient (Wildman–Crippen LogP) is 1.59. The summed E-state index contributed by atoms with van der Waals surface area (Å²) in [6.07, 6.45) is -0.419. The fourth-order valence-corrected chi connectivity index (χ4v) is 1.06. The van der Waals surface area contributed by atoms with Gasteiger partial charge in [-0.05, 0) is 18.6 Å². The molecule has 0 bridgehead atoms. The molecule has 15 heavy (non-hydrogen) atoms. The van der Waals surface area contributed by atoms with Crippen molar-refractivity contribution in [2.75, 3.05) is 0 Å². The lowest BCUT2D eigenvalue weighted by atomic mass is 10.1. The van der Waals surface area contributed by atoms with Crippen LogP contribution in [-0.2, 0) is 9.53 Å². The van der Waals surface area contributed by atoms with Crippen molar-refractivity contribution in [1.29, 1.82) is 5.26 Å². The number of hydrogen-bond donors (Lipinski definition) is 0. The van der Waals surface area contributed by atoms with Crippen molar-refractivity contribution in [3.8, 4) is 6.07 Å². The summed E-state index contributed by atoms with van der Waals surface area (Å²) in [6, 6.07) is 8.38. The van der Waals surface area contributed by atoms with Crippen LogP contribution in [0.25, 0.3) is 0 Å². The third kappa shape index (κ3) is 2.92. The molecule has 1 aromatic rings. The van der Waals surface area contributed by atoms with E-state index in [-0.39, 0.29) is 0 Å². The highest BCUT2D eigenvalue weighted by Crippen LogP contribution is 2.08. The number of carbonyl (C=O) groups excluding carboxylic acids is 2. The lowest BCUT2D eigenvalue weighted by molar-refractivity contribution is -0.136. The van der Waals surface area contributed by atoms with E-state index in [0.29, 0.717) is 5.56 Å². The Labute approximate surface area is 87.1 Å². The Morgan fingerprint density at radius 3 is 2.67 bits per heavy atom. The predicted molar refractivity (Wildman–Crippen MR) is 51.8 cm³/mol. The van der Waals surface area contributed by atoms with Crippen LogP contribution >= 0.6 is 0 Å². The topological polar surface area (TPSA) is 67.2 Å². The van der Waals surface area contributed by atoms with E-state index in [1.165, 1.54) is 0 Å². The number of rotatable bonds is 2. The normalized spacial score (nSPS) is 9.07. The Bertz CT molecular complexity index is 432. The third-order valence-electron chi connectivity index (χ3n) is 1.79. The standard InChI is InChI=1S/C11H9NO3/c1-8-4-2-3-5-9(8)11(14)15-10(13)6-7-12/h2-5H,6H2,1H3. The quantitative estimate of drug-likeness (QED) is 0.540. The smallest absolute Gasteiger partial charge is 0.346 e. The molecule has 0 aliphatic carbocycles. The van der Waals surface area contributed by atoms with Crippen LogP contribution in [0, 0.1) is 18.3 Å². The molecule has 0 spiro atoms. The summed E-state index contributed by atoms with van der Waals surface area (Å²) in [6.45, 7) is 1.74. The van der Waals surface area contributed by atoms with E-state index in [0.717, 1.165) is 5.56 Å². The van der Waals surface area contributed by atoms with Gasteiger partial charge in [-0.1, -0.05) is 18.2 Å². The van der Waals surface area contributed by atoms with Crippen LogP contribution in [0.1, 0.15) is 22.3 Å². The molecule has 4 nitrogen and oxygen atoms in total. The first-order chi connectivity index (χ1) is 7.15. The van der Waals surface area contributed by atoms with Gasteiger partial charge < -0.3 is 4.74 Å². The summed E-state index contributed by atoms with van der Waals surface area (Å²) in [5.74, 6) is -1.54. The van der Waals surface area contributed by atoms with Crippen molar-refractivity contribution in [2.24, 2.45) is 0 Å². The maximum Gasteiger partial charge on any atom is 0.346 e. The molecule has 0 saturated heterocycles. The van der Waals surface area contributed by atoms with Crippen LogP contribution in [0.3, 0.4) is 0 Å². The number of hydrogen-bond acceptors (Lipinski definition) is 4. The second-order valence-corrected chi connectivity index (χ2v) is 2.91. The fraction of sp³-hybridized carbons (Fsp3) is 0.182. The van der Waals surface area contributed by atoms with Gasteiger partial charge in [0, 0.05) is 0 Å². The Hall–Kier alpha value is -2.15. The lowest BCUT2D eigenvalue weighted by Gasteiger charge is -2.03. The zero-order valence-corrected chi connectivity index (χ0v) is 8.19. The molecule has 76 valence electrons. The molecule has 0 atom stereocenters. The Kier molecular flexibility index (Phi) is 3.58. The van der Waals surface area contributed by atoms with E-state index in [1.54, 1.807) is 37.3 Å².